The van der Waals surface area contributed by atoms with Gasteiger partial charge in [-0.1, -0.05) is 44.2 Å². The number of pyridine rings is 1. The van der Waals surface area contributed by atoms with E-state index in [-0.39, 0.29) is 6.10 Å². The normalized spacial score (nSPS) is 21.9. The molecule has 2 fully saturated rings. The Morgan fingerprint density at radius 3 is 2.49 bits per heavy atom. The molecule has 1 aliphatic carbocycles. The van der Waals surface area contributed by atoms with Crippen LogP contribution in [0.15, 0.2) is 49.2 Å². The molecule has 5 heteroatoms. The SMILES string of the molecule is C=C(C)c1cnc2ccc(-c3cc(C)cc(Cl)c3)cc2c1NC1CCC(CN2CCC(O)C2)CC1.CC. The second-order valence-corrected chi connectivity index (χ2v) is 11.1. The Kier molecular flexibility index (Phi) is 9.28. The lowest BCUT2D eigenvalue weighted by Crippen LogP contribution is -2.33. The van der Waals surface area contributed by atoms with Crippen LogP contribution < -0.4 is 5.32 Å². The number of aryl methyl sites for hydroxylation is 1. The summed E-state index contributed by atoms with van der Waals surface area (Å²) in [4.78, 5) is 7.19. The van der Waals surface area contributed by atoms with Gasteiger partial charge < -0.3 is 15.3 Å². The van der Waals surface area contributed by atoms with E-state index in [1.807, 2.05) is 32.2 Å². The van der Waals surface area contributed by atoms with Gasteiger partial charge in [-0.15, -0.1) is 0 Å². The Bertz CT molecular complexity index is 1210. The molecule has 1 atom stereocenters. The zero-order valence-electron chi connectivity index (χ0n) is 22.9. The number of fused-ring (bicyclic) bond motifs is 1. The average Bonchev–Trinajstić information content (AvgIpc) is 3.30. The molecule has 2 N–H and O–H groups in total. The molecule has 3 aromatic rings. The van der Waals surface area contributed by atoms with Gasteiger partial charge in [0.1, 0.15) is 0 Å². The molecule has 0 amide bonds. The van der Waals surface area contributed by atoms with Gasteiger partial charge in [0.25, 0.3) is 0 Å². The highest BCUT2D eigenvalue weighted by Crippen LogP contribution is 2.36. The van der Waals surface area contributed by atoms with Crippen molar-refractivity contribution in [2.24, 2.45) is 5.92 Å². The van der Waals surface area contributed by atoms with E-state index in [2.05, 4.69) is 54.9 Å². The van der Waals surface area contributed by atoms with Gasteiger partial charge >= 0.3 is 0 Å². The van der Waals surface area contributed by atoms with Crippen LogP contribution in [0.5, 0.6) is 0 Å². The molecule has 1 unspecified atom stereocenters. The molecule has 2 heterocycles. The van der Waals surface area contributed by atoms with E-state index in [0.29, 0.717) is 6.04 Å². The summed E-state index contributed by atoms with van der Waals surface area (Å²) < 4.78 is 0. The number of β-amino-alcohol motifs (C(OH)–C–C–N with tert-alkyl or cyclic N) is 1. The Morgan fingerprint density at radius 1 is 1.08 bits per heavy atom. The smallest absolute Gasteiger partial charge is 0.0723 e. The van der Waals surface area contributed by atoms with Crippen LogP contribution in [0.4, 0.5) is 5.69 Å². The highest BCUT2D eigenvalue weighted by atomic mass is 35.5. The van der Waals surface area contributed by atoms with Gasteiger partial charge in [0, 0.05) is 47.8 Å². The number of likely N-dealkylation sites (tertiary alicyclic amines) is 1. The number of hydrogen-bond acceptors (Lipinski definition) is 4. The van der Waals surface area contributed by atoms with Gasteiger partial charge in [-0.25, -0.2) is 0 Å². The van der Waals surface area contributed by atoms with Crippen LogP contribution in [0.25, 0.3) is 27.6 Å². The molecule has 0 bridgehead atoms. The van der Waals surface area contributed by atoms with E-state index in [1.54, 1.807) is 0 Å². The third-order valence-electron chi connectivity index (χ3n) is 7.66. The van der Waals surface area contributed by atoms with Crippen molar-refractivity contribution in [2.75, 3.05) is 25.0 Å². The molecule has 2 aliphatic rings. The van der Waals surface area contributed by atoms with Crippen molar-refractivity contribution in [3.8, 4) is 11.1 Å². The third-order valence-corrected chi connectivity index (χ3v) is 7.88. The van der Waals surface area contributed by atoms with Crippen molar-refractivity contribution in [3.05, 3.63) is 65.3 Å². The van der Waals surface area contributed by atoms with E-state index in [0.717, 1.165) is 94.3 Å². The van der Waals surface area contributed by atoms with Crippen LogP contribution in [0.3, 0.4) is 0 Å². The molecule has 2 aromatic carbocycles. The maximum atomic E-state index is 9.84. The van der Waals surface area contributed by atoms with Crippen molar-refractivity contribution in [2.45, 2.75) is 71.9 Å². The summed E-state index contributed by atoms with van der Waals surface area (Å²) in [7, 11) is 0. The summed E-state index contributed by atoms with van der Waals surface area (Å²) in [5.41, 5.74) is 7.66. The Morgan fingerprint density at radius 2 is 1.84 bits per heavy atom. The average molecular weight is 520 g/mol. The molecule has 0 radical (unpaired) electrons. The lowest BCUT2D eigenvalue weighted by molar-refractivity contribution is 0.163. The van der Waals surface area contributed by atoms with Crippen LogP contribution in [-0.4, -0.2) is 46.8 Å². The second kappa shape index (κ2) is 12.4. The number of aromatic nitrogens is 1. The summed E-state index contributed by atoms with van der Waals surface area (Å²) in [5.74, 6) is 0.728. The number of benzene rings is 2. The van der Waals surface area contributed by atoms with Crippen LogP contribution in [0, 0.1) is 12.8 Å². The van der Waals surface area contributed by atoms with Gasteiger partial charge in [-0.05, 0) is 98.4 Å². The Labute approximate surface area is 227 Å². The predicted octanol–water partition coefficient (Wildman–Crippen LogP) is 7.96. The first-order valence-electron chi connectivity index (χ1n) is 13.9. The summed E-state index contributed by atoms with van der Waals surface area (Å²) in [6.07, 6.45) is 7.52. The van der Waals surface area contributed by atoms with Gasteiger partial charge in [0.15, 0.2) is 0 Å². The van der Waals surface area contributed by atoms with Crippen LogP contribution >= 0.6 is 11.6 Å². The summed E-state index contributed by atoms with van der Waals surface area (Å²) in [5, 5.41) is 15.6. The number of rotatable bonds is 6. The van der Waals surface area contributed by atoms with E-state index in [9.17, 15) is 5.11 Å². The van der Waals surface area contributed by atoms with Crippen molar-refractivity contribution in [1.82, 2.24) is 9.88 Å². The molecule has 5 rings (SSSR count). The van der Waals surface area contributed by atoms with Crippen molar-refractivity contribution < 1.29 is 5.11 Å². The standard InChI is InChI=1S/C30H36ClN3O.C2H6/c1-19(2)28-16-32-29-9-6-22(23-12-20(3)13-24(31)14-23)15-27(29)30(28)33-25-7-4-21(5-8-25)17-34-11-10-26(35)18-34;1-2/h6,9,12-16,21,25-26,35H,1,4-5,7-8,10-11,17-18H2,2-3H3,(H,32,33);1-2H3. The maximum absolute atomic E-state index is 9.84. The number of hydrogen-bond donors (Lipinski definition) is 2. The molecule has 1 aliphatic heterocycles. The number of nitrogens with zero attached hydrogens (tertiary/aromatic N) is 2. The molecule has 4 nitrogen and oxygen atoms in total. The highest BCUT2D eigenvalue weighted by Gasteiger charge is 2.27. The van der Waals surface area contributed by atoms with Gasteiger partial charge in [-0.2, -0.15) is 0 Å². The number of aliphatic hydroxyl groups excluding tert-OH is 1. The van der Waals surface area contributed by atoms with Crippen LogP contribution in [-0.2, 0) is 0 Å². The van der Waals surface area contributed by atoms with Crippen molar-refractivity contribution in [3.63, 3.8) is 0 Å². The van der Waals surface area contributed by atoms with E-state index in [1.165, 1.54) is 12.8 Å². The number of anilines is 1. The predicted molar refractivity (Wildman–Crippen MR) is 159 cm³/mol. The zero-order chi connectivity index (χ0) is 26.5. The Balaban J connectivity index is 0.00000156. The summed E-state index contributed by atoms with van der Waals surface area (Å²) in [6, 6.07) is 13.1. The van der Waals surface area contributed by atoms with Gasteiger partial charge in [0.05, 0.1) is 17.3 Å². The third kappa shape index (κ3) is 6.73. The van der Waals surface area contributed by atoms with Crippen molar-refractivity contribution >= 4 is 33.8 Å². The molecular formula is C32H42ClN3O. The van der Waals surface area contributed by atoms with E-state index in [4.69, 9.17) is 16.6 Å². The van der Waals surface area contributed by atoms with E-state index < -0.39 is 0 Å². The second-order valence-electron chi connectivity index (χ2n) is 10.6. The minimum atomic E-state index is -0.130. The quantitative estimate of drug-likeness (QED) is 0.346. The summed E-state index contributed by atoms with van der Waals surface area (Å²) >= 11 is 6.37. The minimum Gasteiger partial charge on any atom is -0.392 e. The fraction of sp³-hybridized carbons (Fsp3) is 0.469. The lowest BCUT2D eigenvalue weighted by atomic mass is 9.85. The fourth-order valence-electron chi connectivity index (χ4n) is 5.79. The molecular weight excluding hydrogens is 478 g/mol. The van der Waals surface area contributed by atoms with Crippen molar-refractivity contribution in [1.29, 1.82) is 0 Å². The first-order chi connectivity index (χ1) is 17.9. The minimum absolute atomic E-state index is 0.130. The number of allylic oxidation sites excluding steroid dienone is 1. The van der Waals surface area contributed by atoms with Crippen LogP contribution in [0.2, 0.25) is 5.02 Å². The number of halogens is 1. The fourth-order valence-corrected chi connectivity index (χ4v) is 6.08. The number of nitrogens with one attached hydrogen (secondary N) is 1. The summed E-state index contributed by atoms with van der Waals surface area (Å²) in [6.45, 7) is 15.4. The van der Waals surface area contributed by atoms with E-state index >= 15 is 0 Å². The Hall–Kier alpha value is -2.40. The molecule has 0 spiro atoms. The molecule has 37 heavy (non-hydrogen) atoms. The molecule has 198 valence electrons. The molecule has 1 saturated heterocycles. The van der Waals surface area contributed by atoms with Gasteiger partial charge in [-0.3, -0.25) is 4.98 Å². The maximum Gasteiger partial charge on any atom is 0.0723 e. The topological polar surface area (TPSA) is 48.4 Å². The first-order valence-corrected chi connectivity index (χ1v) is 14.3. The molecule has 1 aromatic heterocycles. The van der Waals surface area contributed by atoms with Crippen LogP contribution in [0.1, 0.15) is 64.0 Å². The highest BCUT2D eigenvalue weighted by molar-refractivity contribution is 6.31. The van der Waals surface area contributed by atoms with Gasteiger partial charge in [0.2, 0.25) is 0 Å². The molecule has 1 saturated carbocycles. The first kappa shape index (κ1) is 27.6. The monoisotopic (exact) mass is 519 g/mol. The number of aliphatic hydroxyl groups is 1. The largest absolute Gasteiger partial charge is 0.392 e. The zero-order valence-corrected chi connectivity index (χ0v) is 23.6. The lowest BCUT2D eigenvalue weighted by Gasteiger charge is -2.33.